The summed E-state index contributed by atoms with van der Waals surface area (Å²) < 4.78 is 1.69. The smallest absolute Gasteiger partial charge is 0.342 e. The van der Waals surface area contributed by atoms with Gasteiger partial charge in [0.2, 0.25) is 0 Å². The van der Waals surface area contributed by atoms with Crippen LogP contribution in [0, 0.1) is 17.0 Å². The second-order valence-corrected chi connectivity index (χ2v) is 5.20. The Kier molecular flexibility index (Phi) is 5.08. The largest absolute Gasteiger partial charge is 0.358 e. The van der Waals surface area contributed by atoms with Crippen molar-refractivity contribution in [2.45, 2.75) is 39.3 Å². The van der Waals surface area contributed by atoms with E-state index < -0.39 is 0 Å². The molecule has 1 aromatic rings. The highest BCUT2D eigenvalue weighted by Gasteiger charge is 2.22. The van der Waals surface area contributed by atoms with Crippen molar-refractivity contribution in [3.05, 3.63) is 22.1 Å². The third-order valence-electron chi connectivity index (χ3n) is 4.03. The molecule has 0 bridgehead atoms. The summed E-state index contributed by atoms with van der Waals surface area (Å²) in [5.41, 5.74) is 0. The van der Waals surface area contributed by atoms with E-state index in [1.54, 1.807) is 4.57 Å². The molecule has 2 heterocycles. The predicted molar refractivity (Wildman–Crippen MR) is 76.8 cm³/mol. The van der Waals surface area contributed by atoms with Gasteiger partial charge >= 0.3 is 5.82 Å². The zero-order chi connectivity index (χ0) is 14.5. The Labute approximate surface area is 119 Å². The second-order valence-electron chi connectivity index (χ2n) is 5.20. The van der Waals surface area contributed by atoms with Gasteiger partial charge in [-0.05, 0) is 30.9 Å². The molecule has 0 amide bonds. The highest BCUT2D eigenvalue weighted by Crippen LogP contribution is 2.15. The Balaban J connectivity index is 1.99. The summed E-state index contributed by atoms with van der Waals surface area (Å²) in [6.07, 6.45) is 3.74. The topological polar surface area (TPSA) is 76.2 Å². The van der Waals surface area contributed by atoms with Crippen molar-refractivity contribution in [2.75, 3.05) is 26.2 Å². The van der Waals surface area contributed by atoms with Crippen LogP contribution in [0.25, 0.3) is 0 Å². The number of imidazole rings is 1. The van der Waals surface area contributed by atoms with Gasteiger partial charge < -0.3 is 15.4 Å². The van der Waals surface area contributed by atoms with Gasteiger partial charge in [0.05, 0.1) is 0 Å². The van der Waals surface area contributed by atoms with Crippen LogP contribution in [-0.2, 0) is 6.54 Å². The summed E-state index contributed by atoms with van der Waals surface area (Å²) in [5.74, 6) is 0.787. The molecule has 1 aromatic heterocycles. The van der Waals surface area contributed by atoms with E-state index in [9.17, 15) is 10.1 Å². The maximum absolute atomic E-state index is 11.0. The molecule has 0 radical (unpaired) electrons. The third-order valence-corrected chi connectivity index (χ3v) is 4.03. The van der Waals surface area contributed by atoms with Crippen molar-refractivity contribution in [3.8, 4) is 0 Å². The van der Waals surface area contributed by atoms with Crippen LogP contribution in [0.5, 0.6) is 0 Å². The average Bonchev–Trinajstić information content (AvgIpc) is 2.82. The normalized spacial score (nSPS) is 19.4. The van der Waals surface area contributed by atoms with Crippen LogP contribution in [0.3, 0.4) is 0 Å². The van der Waals surface area contributed by atoms with E-state index in [1.165, 1.54) is 19.0 Å². The highest BCUT2D eigenvalue weighted by molar-refractivity contribution is 5.18. The molecule has 1 fully saturated rings. The Morgan fingerprint density at radius 1 is 1.65 bits per heavy atom. The molecule has 1 N–H and O–H groups in total. The van der Waals surface area contributed by atoms with Crippen LogP contribution < -0.4 is 5.32 Å². The number of likely N-dealkylation sites (N-methyl/N-ethyl adjacent to an activating group) is 1. The lowest BCUT2D eigenvalue weighted by molar-refractivity contribution is -0.392. The predicted octanol–water partition coefficient (Wildman–Crippen LogP) is 1.17. The van der Waals surface area contributed by atoms with Crippen LogP contribution >= 0.6 is 0 Å². The van der Waals surface area contributed by atoms with E-state index in [0.29, 0.717) is 18.4 Å². The molecule has 7 heteroatoms. The van der Waals surface area contributed by atoms with Gasteiger partial charge in [-0.25, -0.2) is 9.55 Å². The van der Waals surface area contributed by atoms with Gasteiger partial charge in [0.1, 0.15) is 12.7 Å². The number of nitrogens with one attached hydrogen (secondary N) is 1. The van der Waals surface area contributed by atoms with Gasteiger partial charge in [-0.3, -0.25) is 4.90 Å². The van der Waals surface area contributed by atoms with Crippen molar-refractivity contribution in [3.63, 3.8) is 0 Å². The fourth-order valence-corrected chi connectivity index (χ4v) is 2.85. The second kappa shape index (κ2) is 6.81. The Bertz CT molecular complexity index is 454. The van der Waals surface area contributed by atoms with Crippen LogP contribution in [-0.4, -0.2) is 51.6 Å². The van der Waals surface area contributed by atoms with Gasteiger partial charge in [0, 0.05) is 26.1 Å². The van der Waals surface area contributed by atoms with E-state index in [1.807, 2.05) is 6.92 Å². The Morgan fingerprint density at radius 3 is 3.05 bits per heavy atom. The molecule has 112 valence electrons. The number of rotatable bonds is 6. The van der Waals surface area contributed by atoms with Gasteiger partial charge in [-0.2, -0.15) is 0 Å². The van der Waals surface area contributed by atoms with E-state index in [0.717, 1.165) is 26.2 Å². The first-order valence-electron chi connectivity index (χ1n) is 7.24. The quantitative estimate of drug-likeness (QED) is 0.626. The number of aromatic nitrogens is 2. The van der Waals surface area contributed by atoms with E-state index in [4.69, 9.17) is 0 Å². The SMILES string of the molecule is CCN(CCn1c([N+](=O)[O-])cnc1C)C1CCCNC1. The summed E-state index contributed by atoms with van der Waals surface area (Å²) in [6.45, 7) is 8.47. The summed E-state index contributed by atoms with van der Waals surface area (Å²) in [4.78, 5) is 17.1. The highest BCUT2D eigenvalue weighted by atomic mass is 16.6. The van der Waals surface area contributed by atoms with Crippen LogP contribution in [0.15, 0.2) is 6.20 Å². The first kappa shape index (κ1) is 14.9. The first-order chi connectivity index (χ1) is 9.63. The molecule has 0 aliphatic carbocycles. The van der Waals surface area contributed by atoms with Gasteiger partial charge in [0.15, 0.2) is 5.82 Å². The molecule has 1 aliphatic heterocycles. The Morgan fingerprint density at radius 2 is 2.45 bits per heavy atom. The number of hydrogen-bond acceptors (Lipinski definition) is 5. The summed E-state index contributed by atoms with van der Waals surface area (Å²) in [6, 6.07) is 0.539. The van der Waals surface area contributed by atoms with Crippen molar-refractivity contribution in [1.82, 2.24) is 19.8 Å². The lowest BCUT2D eigenvalue weighted by Gasteiger charge is -2.33. The summed E-state index contributed by atoms with van der Waals surface area (Å²) >= 11 is 0. The molecule has 1 unspecified atom stereocenters. The molecule has 2 rings (SSSR count). The number of nitro groups is 1. The zero-order valence-corrected chi connectivity index (χ0v) is 12.2. The molecular formula is C13H23N5O2. The minimum absolute atomic E-state index is 0.0836. The van der Waals surface area contributed by atoms with Crippen molar-refractivity contribution < 1.29 is 4.92 Å². The number of hydrogen-bond donors (Lipinski definition) is 1. The van der Waals surface area contributed by atoms with Crippen molar-refractivity contribution >= 4 is 5.82 Å². The lowest BCUT2D eigenvalue weighted by Crippen LogP contribution is -2.47. The maximum Gasteiger partial charge on any atom is 0.342 e. The van der Waals surface area contributed by atoms with Gasteiger partial charge in [-0.15, -0.1) is 0 Å². The standard InChI is InChI=1S/C13H23N5O2/c1-3-16(12-5-4-6-14-9-12)7-8-17-11(2)15-10-13(17)18(19)20/h10,12,14H,3-9H2,1-2H3. The number of piperidine rings is 1. The fraction of sp³-hybridized carbons (Fsp3) is 0.769. The number of aryl methyl sites for hydroxylation is 1. The van der Waals surface area contributed by atoms with E-state index >= 15 is 0 Å². The van der Waals surface area contributed by atoms with Crippen LogP contribution in [0.1, 0.15) is 25.6 Å². The summed E-state index contributed by atoms with van der Waals surface area (Å²) in [5, 5.41) is 14.4. The summed E-state index contributed by atoms with van der Waals surface area (Å²) in [7, 11) is 0. The lowest BCUT2D eigenvalue weighted by atomic mass is 10.1. The van der Waals surface area contributed by atoms with Crippen molar-refractivity contribution in [1.29, 1.82) is 0 Å². The maximum atomic E-state index is 11.0. The molecule has 20 heavy (non-hydrogen) atoms. The average molecular weight is 281 g/mol. The molecule has 1 aliphatic rings. The third kappa shape index (κ3) is 3.34. The molecule has 7 nitrogen and oxygen atoms in total. The van der Waals surface area contributed by atoms with Crippen molar-refractivity contribution in [2.24, 2.45) is 0 Å². The molecule has 0 spiro atoms. The molecular weight excluding hydrogens is 258 g/mol. The van der Waals surface area contributed by atoms with Gasteiger partial charge in [-0.1, -0.05) is 6.92 Å². The van der Waals surface area contributed by atoms with E-state index in [-0.39, 0.29) is 10.7 Å². The zero-order valence-electron chi connectivity index (χ0n) is 12.2. The fourth-order valence-electron chi connectivity index (χ4n) is 2.85. The minimum Gasteiger partial charge on any atom is -0.358 e. The van der Waals surface area contributed by atoms with Crippen LogP contribution in [0.4, 0.5) is 5.82 Å². The molecule has 1 atom stereocenters. The van der Waals surface area contributed by atoms with Crippen LogP contribution in [0.2, 0.25) is 0 Å². The van der Waals surface area contributed by atoms with Gasteiger partial charge in [0.25, 0.3) is 0 Å². The molecule has 0 saturated carbocycles. The monoisotopic (exact) mass is 281 g/mol. The molecule has 1 saturated heterocycles. The number of nitrogens with zero attached hydrogens (tertiary/aromatic N) is 4. The molecule has 0 aromatic carbocycles. The van der Waals surface area contributed by atoms with E-state index in [2.05, 4.69) is 22.1 Å². The first-order valence-corrected chi connectivity index (χ1v) is 7.24. The Hall–Kier alpha value is -1.47. The minimum atomic E-state index is -0.363.